The number of hydrogen-bond acceptors (Lipinski definition) is 4. The molecule has 0 radical (unpaired) electrons. The summed E-state index contributed by atoms with van der Waals surface area (Å²) in [6.07, 6.45) is 3.94. The summed E-state index contributed by atoms with van der Waals surface area (Å²) in [6, 6.07) is 2.37. The molecule has 0 aliphatic carbocycles. The number of piperidine rings is 1. The van der Waals surface area contributed by atoms with Gasteiger partial charge < -0.3 is 10.6 Å². The van der Waals surface area contributed by atoms with Gasteiger partial charge in [-0.1, -0.05) is 13.8 Å². The monoisotopic (exact) mass is 220 g/mol. The lowest BCUT2D eigenvalue weighted by atomic mass is 10.1. The van der Waals surface area contributed by atoms with E-state index in [1.807, 2.05) is 0 Å². The van der Waals surface area contributed by atoms with E-state index in [0.717, 1.165) is 37.4 Å². The van der Waals surface area contributed by atoms with E-state index in [0.29, 0.717) is 5.92 Å². The smallest absolute Gasteiger partial charge is 0.132 e. The van der Waals surface area contributed by atoms with Gasteiger partial charge in [-0.25, -0.2) is 9.97 Å². The minimum atomic E-state index is 0.284. The number of anilines is 1. The fourth-order valence-electron chi connectivity index (χ4n) is 2.07. The van der Waals surface area contributed by atoms with Gasteiger partial charge in [-0.15, -0.1) is 0 Å². The molecule has 0 aromatic carbocycles. The number of aromatic nitrogens is 2. The molecule has 1 saturated heterocycles. The molecule has 0 bridgehead atoms. The van der Waals surface area contributed by atoms with Crippen molar-refractivity contribution in [3.05, 3.63) is 18.1 Å². The Labute approximate surface area is 96.9 Å². The molecule has 2 rings (SSSR count). The van der Waals surface area contributed by atoms with E-state index < -0.39 is 0 Å². The van der Waals surface area contributed by atoms with Crippen molar-refractivity contribution in [2.75, 3.05) is 18.0 Å². The Morgan fingerprint density at radius 2 is 2.25 bits per heavy atom. The third-order valence-corrected chi connectivity index (χ3v) is 3.05. The van der Waals surface area contributed by atoms with E-state index in [-0.39, 0.29) is 6.04 Å². The first-order valence-electron chi connectivity index (χ1n) is 5.99. The summed E-state index contributed by atoms with van der Waals surface area (Å²) in [5.41, 5.74) is 7.08. The first kappa shape index (κ1) is 11.3. The van der Waals surface area contributed by atoms with Crippen molar-refractivity contribution < 1.29 is 0 Å². The zero-order chi connectivity index (χ0) is 11.5. The lowest BCUT2D eigenvalue weighted by Gasteiger charge is -2.31. The van der Waals surface area contributed by atoms with Gasteiger partial charge in [0, 0.05) is 30.9 Å². The van der Waals surface area contributed by atoms with Gasteiger partial charge in [-0.2, -0.15) is 0 Å². The highest BCUT2D eigenvalue weighted by atomic mass is 15.2. The number of nitrogens with two attached hydrogens (primary N) is 1. The number of hydrogen-bond donors (Lipinski definition) is 1. The molecular weight excluding hydrogens is 200 g/mol. The topological polar surface area (TPSA) is 55.0 Å². The van der Waals surface area contributed by atoms with E-state index >= 15 is 0 Å². The van der Waals surface area contributed by atoms with Gasteiger partial charge in [0.25, 0.3) is 0 Å². The van der Waals surface area contributed by atoms with E-state index in [1.165, 1.54) is 0 Å². The minimum absolute atomic E-state index is 0.284. The van der Waals surface area contributed by atoms with Gasteiger partial charge >= 0.3 is 0 Å². The molecular formula is C12H20N4. The van der Waals surface area contributed by atoms with Crippen LogP contribution in [0.2, 0.25) is 0 Å². The molecule has 4 heteroatoms. The maximum atomic E-state index is 5.98. The van der Waals surface area contributed by atoms with Crippen LogP contribution >= 0.6 is 0 Å². The quantitative estimate of drug-likeness (QED) is 0.821. The maximum absolute atomic E-state index is 5.98. The van der Waals surface area contributed by atoms with Crippen LogP contribution in [0.3, 0.4) is 0 Å². The van der Waals surface area contributed by atoms with Crippen molar-refractivity contribution in [3.63, 3.8) is 0 Å². The fraction of sp³-hybridized carbons (Fsp3) is 0.667. The fourth-order valence-corrected chi connectivity index (χ4v) is 2.07. The molecule has 1 aromatic heterocycles. The Morgan fingerprint density at radius 1 is 1.44 bits per heavy atom. The summed E-state index contributed by atoms with van der Waals surface area (Å²) in [4.78, 5) is 10.9. The molecule has 0 unspecified atom stereocenters. The van der Waals surface area contributed by atoms with Gasteiger partial charge in [-0.05, 0) is 18.8 Å². The van der Waals surface area contributed by atoms with Crippen LogP contribution in [0.5, 0.6) is 0 Å². The van der Waals surface area contributed by atoms with Crippen molar-refractivity contribution >= 4 is 5.82 Å². The molecule has 1 aliphatic rings. The van der Waals surface area contributed by atoms with Crippen LogP contribution < -0.4 is 10.6 Å². The van der Waals surface area contributed by atoms with Gasteiger partial charge in [0.05, 0.1) is 0 Å². The lowest BCUT2D eigenvalue weighted by molar-refractivity contribution is 0.502. The second-order valence-electron chi connectivity index (χ2n) is 4.80. The predicted molar refractivity (Wildman–Crippen MR) is 65.5 cm³/mol. The molecule has 4 nitrogen and oxygen atoms in total. The molecule has 0 spiro atoms. The Hall–Kier alpha value is -1.16. The minimum Gasteiger partial charge on any atom is -0.355 e. The summed E-state index contributed by atoms with van der Waals surface area (Å²) < 4.78 is 0. The van der Waals surface area contributed by atoms with Gasteiger partial charge in [0.2, 0.25) is 0 Å². The normalized spacial score (nSPS) is 21.5. The molecule has 1 aliphatic heterocycles. The summed E-state index contributed by atoms with van der Waals surface area (Å²) in [7, 11) is 0. The summed E-state index contributed by atoms with van der Waals surface area (Å²) >= 11 is 0. The lowest BCUT2D eigenvalue weighted by Crippen LogP contribution is -2.43. The summed E-state index contributed by atoms with van der Waals surface area (Å²) in [5, 5.41) is 0. The molecule has 1 aromatic rings. The average Bonchev–Trinajstić information content (AvgIpc) is 2.29. The Balaban J connectivity index is 2.16. The zero-order valence-electron chi connectivity index (χ0n) is 10.1. The summed E-state index contributed by atoms with van der Waals surface area (Å²) in [6.45, 7) is 6.26. The number of rotatable bonds is 2. The van der Waals surface area contributed by atoms with Crippen LogP contribution in [0.15, 0.2) is 12.4 Å². The largest absolute Gasteiger partial charge is 0.355 e. The third-order valence-electron chi connectivity index (χ3n) is 3.05. The van der Waals surface area contributed by atoms with Crippen LogP contribution in [-0.4, -0.2) is 29.1 Å². The molecule has 0 saturated carbocycles. The van der Waals surface area contributed by atoms with Crippen molar-refractivity contribution in [2.24, 2.45) is 5.73 Å². The third kappa shape index (κ3) is 2.50. The molecule has 16 heavy (non-hydrogen) atoms. The predicted octanol–water partition coefficient (Wildman–Crippen LogP) is 1.53. The average molecular weight is 220 g/mol. The maximum Gasteiger partial charge on any atom is 0.132 e. The zero-order valence-corrected chi connectivity index (χ0v) is 10.1. The van der Waals surface area contributed by atoms with Gasteiger partial charge in [0.15, 0.2) is 0 Å². The molecule has 2 heterocycles. The highest BCUT2D eigenvalue weighted by molar-refractivity contribution is 5.40. The van der Waals surface area contributed by atoms with Crippen LogP contribution in [0.25, 0.3) is 0 Å². The Kier molecular flexibility index (Phi) is 3.39. The van der Waals surface area contributed by atoms with Crippen molar-refractivity contribution in [1.29, 1.82) is 0 Å². The summed E-state index contributed by atoms with van der Waals surface area (Å²) in [5.74, 6) is 1.47. The van der Waals surface area contributed by atoms with E-state index in [4.69, 9.17) is 5.73 Å². The van der Waals surface area contributed by atoms with Crippen LogP contribution in [0.1, 0.15) is 38.3 Å². The Bertz CT molecular complexity index is 351. The molecule has 1 fully saturated rings. The first-order valence-corrected chi connectivity index (χ1v) is 5.99. The SMILES string of the molecule is CC(C)c1cc(N2CCC[C@H](N)C2)ncn1. The van der Waals surface area contributed by atoms with Crippen molar-refractivity contribution in [2.45, 2.75) is 38.6 Å². The molecule has 2 N–H and O–H groups in total. The van der Waals surface area contributed by atoms with Crippen molar-refractivity contribution in [1.82, 2.24) is 9.97 Å². The first-order chi connectivity index (χ1) is 7.66. The molecule has 88 valence electrons. The van der Waals surface area contributed by atoms with Crippen LogP contribution in [-0.2, 0) is 0 Å². The van der Waals surface area contributed by atoms with Gasteiger partial charge in [-0.3, -0.25) is 0 Å². The van der Waals surface area contributed by atoms with Gasteiger partial charge in [0.1, 0.15) is 12.1 Å². The van der Waals surface area contributed by atoms with E-state index in [1.54, 1.807) is 6.33 Å². The van der Waals surface area contributed by atoms with Crippen molar-refractivity contribution in [3.8, 4) is 0 Å². The second kappa shape index (κ2) is 4.78. The molecule has 0 amide bonds. The standard InChI is InChI=1S/C12H20N4/c1-9(2)11-6-12(15-8-14-11)16-5-3-4-10(13)7-16/h6,8-10H,3-5,7,13H2,1-2H3/t10-/m0/s1. The van der Waals surface area contributed by atoms with E-state index in [2.05, 4.69) is 34.8 Å². The highest BCUT2D eigenvalue weighted by Gasteiger charge is 2.18. The van der Waals surface area contributed by atoms with E-state index in [9.17, 15) is 0 Å². The Morgan fingerprint density at radius 3 is 2.94 bits per heavy atom. The number of nitrogens with zero attached hydrogens (tertiary/aromatic N) is 3. The van der Waals surface area contributed by atoms with Crippen LogP contribution in [0, 0.1) is 0 Å². The van der Waals surface area contributed by atoms with Crippen LogP contribution in [0.4, 0.5) is 5.82 Å². The highest BCUT2D eigenvalue weighted by Crippen LogP contribution is 2.20. The second-order valence-corrected chi connectivity index (χ2v) is 4.80. The molecule has 1 atom stereocenters.